The van der Waals surface area contributed by atoms with E-state index in [1.165, 1.54) is 0 Å². The van der Waals surface area contributed by atoms with Crippen LogP contribution in [-0.2, 0) is 16.1 Å². The van der Waals surface area contributed by atoms with Gasteiger partial charge >= 0.3 is 0 Å². The lowest BCUT2D eigenvalue weighted by Crippen LogP contribution is -2.42. The van der Waals surface area contributed by atoms with Crippen molar-refractivity contribution in [3.8, 4) is 0 Å². The summed E-state index contributed by atoms with van der Waals surface area (Å²) < 4.78 is 5.67. The van der Waals surface area contributed by atoms with Gasteiger partial charge in [0.2, 0.25) is 5.91 Å². The van der Waals surface area contributed by atoms with Crippen LogP contribution in [0.4, 0.5) is 0 Å². The number of piperidine rings is 1. The molecule has 0 bridgehead atoms. The molecule has 2 N–H and O–H groups in total. The Labute approximate surface area is 114 Å². The van der Waals surface area contributed by atoms with E-state index in [4.69, 9.17) is 4.74 Å². The van der Waals surface area contributed by atoms with Gasteiger partial charge in [0, 0.05) is 13.1 Å². The molecule has 0 saturated carbocycles. The third-order valence-electron chi connectivity index (χ3n) is 3.52. The lowest BCUT2D eigenvalue weighted by Gasteiger charge is -2.29. The van der Waals surface area contributed by atoms with Crippen molar-refractivity contribution in [2.45, 2.75) is 26.0 Å². The Hall–Kier alpha value is -1.39. The average molecular weight is 262 g/mol. The molecule has 1 aromatic rings. The van der Waals surface area contributed by atoms with E-state index in [2.05, 4.69) is 17.6 Å². The highest BCUT2D eigenvalue weighted by Gasteiger charge is 2.22. The van der Waals surface area contributed by atoms with Crippen LogP contribution in [0.2, 0.25) is 0 Å². The minimum absolute atomic E-state index is 0.0540. The van der Waals surface area contributed by atoms with Crippen molar-refractivity contribution >= 4 is 5.91 Å². The number of rotatable bonds is 5. The molecule has 19 heavy (non-hydrogen) atoms. The van der Waals surface area contributed by atoms with Gasteiger partial charge in [-0.15, -0.1) is 0 Å². The number of hydrogen-bond donors (Lipinski definition) is 2. The summed E-state index contributed by atoms with van der Waals surface area (Å²) in [5, 5.41) is 6.16. The lowest BCUT2D eigenvalue weighted by atomic mass is 9.97. The first kappa shape index (κ1) is 14.0. The van der Waals surface area contributed by atoms with Crippen molar-refractivity contribution in [2.24, 2.45) is 5.92 Å². The minimum Gasteiger partial charge on any atom is -0.367 e. The highest BCUT2D eigenvalue weighted by molar-refractivity contribution is 5.77. The van der Waals surface area contributed by atoms with E-state index in [0.29, 0.717) is 12.5 Å². The van der Waals surface area contributed by atoms with Gasteiger partial charge < -0.3 is 15.4 Å². The van der Waals surface area contributed by atoms with E-state index < -0.39 is 0 Å². The second kappa shape index (κ2) is 7.26. The van der Waals surface area contributed by atoms with E-state index in [0.717, 1.165) is 25.1 Å². The van der Waals surface area contributed by atoms with Crippen molar-refractivity contribution in [3.63, 3.8) is 0 Å². The van der Waals surface area contributed by atoms with Crippen molar-refractivity contribution < 1.29 is 9.53 Å². The third-order valence-corrected chi connectivity index (χ3v) is 3.52. The largest absolute Gasteiger partial charge is 0.367 e. The van der Waals surface area contributed by atoms with Crippen LogP contribution in [0.15, 0.2) is 30.3 Å². The van der Waals surface area contributed by atoms with Crippen LogP contribution in [0, 0.1) is 5.92 Å². The maximum absolute atomic E-state index is 11.7. The maximum Gasteiger partial charge on any atom is 0.246 e. The van der Waals surface area contributed by atoms with Crippen LogP contribution in [0.1, 0.15) is 18.9 Å². The van der Waals surface area contributed by atoms with Gasteiger partial charge in [0.15, 0.2) is 0 Å². The quantitative estimate of drug-likeness (QED) is 0.841. The number of benzene rings is 1. The summed E-state index contributed by atoms with van der Waals surface area (Å²) in [6, 6.07) is 9.88. The van der Waals surface area contributed by atoms with E-state index >= 15 is 0 Å². The first-order valence-electron chi connectivity index (χ1n) is 6.88. The molecule has 1 aliphatic heterocycles. The van der Waals surface area contributed by atoms with Crippen LogP contribution < -0.4 is 10.6 Å². The topological polar surface area (TPSA) is 50.4 Å². The van der Waals surface area contributed by atoms with Crippen molar-refractivity contribution in [2.75, 3.05) is 19.7 Å². The monoisotopic (exact) mass is 262 g/mol. The predicted octanol–water partition coefficient (Wildman–Crippen LogP) is 1.32. The highest BCUT2D eigenvalue weighted by Crippen LogP contribution is 2.14. The summed E-state index contributed by atoms with van der Waals surface area (Å²) in [6.07, 6.45) is 1.26. The Bertz CT molecular complexity index is 394. The van der Waals surface area contributed by atoms with Gasteiger partial charge in [-0.3, -0.25) is 4.79 Å². The predicted molar refractivity (Wildman–Crippen MR) is 74.7 cm³/mol. The fourth-order valence-electron chi connectivity index (χ4n) is 2.21. The molecule has 0 radical (unpaired) electrons. The Morgan fingerprint density at radius 1 is 1.42 bits per heavy atom. The Morgan fingerprint density at radius 3 is 2.95 bits per heavy atom. The molecule has 1 aliphatic rings. The van der Waals surface area contributed by atoms with E-state index in [-0.39, 0.29) is 18.6 Å². The zero-order valence-electron chi connectivity index (χ0n) is 11.4. The van der Waals surface area contributed by atoms with Gasteiger partial charge in [-0.1, -0.05) is 37.3 Å². The molecule has 1 heterocycles. The van der Waals surface area contributed by atoms with Crippen LogP contribution in [0.5, 0.6) is 0 Å². The molecular weight excluding hydrogens is 240 g/mol. The first-order chi connectivity index (χ1) is 9.25. The Balaban J connectivity index is 1.67. The molecule has 0 aliphatic carbocycles. The summed E-state index contributed by atoms with van der Waals surface area (Å²) in [4.78, 5) is 11.7. The molecule has 0 aromatic heterocycles. The molecule has 104 valence electrons. The SMILES string of the molecule is CC1CCNCC1OCC(=O)NCc1ccccc1. The molecule has 4 nitrogen and oxygen atoms in total. The van der Waals surface area contributed by atoms with Crippen molar-refractivity contribution in [3.05, 3.63) is 35.9 Å². The third kappa shape index (κ3) is 4.65. The van der Waals surface area contributed by atoms with Crippen LogP contribution >= 0.6 is 0 Å². The molecule has 1 amide bonds. The molecule has 1 saturated heterocycles. The standard InChI is InChI=1S/C15H22N2O2/c1-12-7-8-16-10-14(12)19-11-15(18)17-9-13-5-3-2-4-6-13/h2-6,12,14,16H,7-11H2,1H3,(H,17,18). The van der Waals surface area contributed by atoms with Gasteiger partial charge in [0.25, 0.3) is 0 Å². The second-order valence-corrected chi connectivity index (χ2v) is 5.08. The number of ether oxygens (including phenoxy) is 1. The maximum atomic E-state index is 11.7. The van der Waals surface area contributed by atoms with E-state index in [1.54, 1.807) is 0 Å². The molecular formula is C15H22N2O2. The van der Waals surface area contributed by atoms with Crippen LogP contribution in [0.25, 0.3) is 0 Å². The fourth-order valence-corrected chi connectivity index (χ4v) is 2.21. The first-order valence-corrected chi connectivity index (χ1v) is 6.88. The van der Waals surface area contributed by atoms with Gasteiger partial charge in [-0.25, -0.2) is 0 Å². The Morgan fingerprint density at radius 2 is 2.21 bits per heavy atom. The zero-order valence-corrected chi connectivity index (χ0v) is 11.4. The van der Waals surface area contributed by atoms with Gasteiger partial charge in [0.05, 0.1) is 6.10 Å². The summed E-state index contributed by atoms with van der Waals surface area (Å²) in [5.74, 6) is 0.463. The zero-order chi connectivity index (χ0) is 13.5. The number of amides is 1. The summed E-state index contributed by atoms with van der Waals surface area (Å²) in [5.41, 5.74) is 1.10. The van der Waals surface area contributed by atoms with Crippen LogP contribution in [-0.4, -0.2) is 31.7 Å². The summed E-state index contributed by atoms with van der Waals surface area (Å²) in [7, 11) is 0. The van der Waals surface area contributed by atoms with Gasteiger partial charge in [0.1, 0.15) is 6.61 Å². The molecule has 2 atom stereocenters. The van der Waals surface area contributed by atoms with Crippen molar-refractivity contribution in [1.82, 2.24) is 10.6 Å². The Kier molecular flexibility index (Phi) is 5.36. The summed E-state index contributed by atoms with van der Waals surface area (Å²) in [6.45, 7) is 4.76. The van der Waals surface area contributed by atoms with Gasteiger partial charge in [-0.05, 0) is 24.4 Å². The van der Waals surface area contributed by atoms with Crippen molar-refractivity contribution in [1.29, 1.82) is 0 Å². The number of carbonyl (C=O) groups is 1. The lowest BCUT2D eigenvalue weighted by molar-refractivity contribution is -0.129. The van der Waals surface area contributed by atoms with Gasteiger partial charge in [-0.2, -0.15) is 0 Å². The second-order valence-electron chi connectivity index (χ2n) is 5.08. The number of nitrogens with one attached hydrogen (secondary N) is 2. The number of carbonyl (C=O) groups excluding carboxylic acids is 1. The molecule has 1 aromatic carbocycles. The summed E-state index contributed by atoms with van der Waals surface area (Å²) >= 11 is 0. The van der Waals surface area contributed by atoms with Crippen LogP contribution in [0.3, 0.4) is 0 Å². The molecule has 1 fully saturated rings. The molecule has 0 spiro atoms. The molecule has 4 heteroatoms. The number of hydrogen-bond acceptors (Lipinski definition) is 3. The van der Waals surface area contributed by atoms with E-state index in [9.17, 15) is 4.79 Å². The fraction of sp³-hybridized carbons (Fsp3) is 0.533. The highest BCUT2D eigenvalue weighted by atomic mass is 16.5. The van der Waals surface area contributed by atoms with E-state index in [1.807, 2.05) is 30.3 Å². The average Bonchev–Trinajstić information content (AvgIpc) is 2.45. The normalized spacial score (nSPS) is 23.0. The molecule has 2 rings (SSSR count). The molecule has 2 unspecified atom stereocenters. The minimum atomic E-state index is -0.0540. The smallest absolute Gasteiger partial charge is 0.246 e.